The Labute approximate surface area is 168 Å². The predicted molar refractivity (Wildman–Crippen MR) is 103 cm³/mol. The molecular formula is C21H21FN4O3. The van der Waals surface area contributed by atoms with E-state index in [0.29, 0.717) is 37.1 Å². The third kappa shape index (κ3) is 5.51. The number of nitrogens with zero attached hydrogens (tertiary/aromatic N) is 3. The van der Waals surface area contributed by atoms with Gasteiger partial charge in [0.25, 0.3) is 5.91 Å². The van der Waals surface area contributed by atoms with E-state index in [2.05, 4.69) is 10.3 Å². The van der Waals surface area contributed by atoms with Gasteiger partial charge in [0.1, 0.15) is 17.7 Å². The van der Waals surface area contributed by atoms with Crippen LogP contribution in [0, 0.1) is 23.1 Å². The monoisotopic (exact) mass is 396 g/mol. The summed E-state index contributed by atoms with van der Waals surface area (Å²) in [6.45, 7) is 0.931. The lowest BCUT2D eigenvalue weighted by atomic mass is 9.97. The van der Waals surface area contributed by atoms with Gasteiger partial charge in [0.15, 0.2) is 6.61 Å². The van der Waals surface area contributed by atoms with Gasteiger partial charge in [-0.2, -0.15) is 5.26 Å². The van der Waals surface area contributed by atoms with Crippen molar-refractivity contribution in [2.45, 2.75) is 19.4 Å². The molecule has 0 bridgehead atoms. The first-order valence-electron chi connectivity index (χ1n) is 9.34. The second-order valence-electron chi connectivity index (χ2n) is 6.75. The van der Waals surface area contributed by atoms with Crippen LogP contribution in [0.4, 0.5) is 10.2 Å². The number of carbonyl (C=O) groups excluding carboxylic acids is 2. The predicted octanol–water partition coefficient (Wildman–Crippen LogP) is 2.17. The summed E-state index contributed by atoms with van der Waals surface area (Å²) in [5, 5.41) is 11.4. The van der Waals surface area contributed by atoms with Crippen molar-refractivity contribution in [1.29, 1.82) is 5.26 Å². The summed E-state index contributed by atoms with van der Waals surface area (Å²) in [7, 11) is 0. The molecule has 29 heavy (non-hydrogen) atoms. The zero-order valence-electron chi connectivity index (χ0n) is 15.8. The average Bonchev–Trinajstić information content (AvgIpc) is 2.77. The summed E-state index contributed by atoms with van der Waals surface area (Å²) in [5.41, 5.74) is 0.872. The van der Waals surface area contributed by atoms with Crippen molar-refractivity contribution in [3.63, 3.8) is 0 Å². The molecule has 1 aliphatic rings. The number of carbonyl (C=O) groups is 2. The minimum absolute atomic E-state index is 0.0407. The minimum atomic E-state index is -0.471. The Morgan fingerprint density at radius 3 is 2.66 bits per heavy atom. The topological polar surface area (TPSA) is 95.3 Å². The molecule has 2 aromatic rings. The van der Waals surface area contributed by atoms with E-state index in [4.69, 9.17) is 10.00 Å². The number of ether oxygens (including phenoxy) is 1. The molecule has 2 heterocycles. The van der Waals surface area contributed by atoms with Crippen LogP contribution in [0.5, 0.6) is 0 Å². The summed E-state index contributed by atoms with van der Waals surface area (Å²) in [5.74, 6) is -0.778. The SMILES string of the molecule is N#Cc1ccc(N2CCC(C(=O)OCC(=O)NCc3ccccc3F)CC2)nc1. The summed E-state index contributed by atoms with van der Waals surface area (Å²) in [6.07, 6.45) is 2.71. The van der Waals surface area contributed by atoms with Crippen molar-refractivity contribution < 1.29 is 18.7 Å². The number of piperidine rings is 1. The Balaban J connectivity index is 1.39. The minimum Gasteiger partial charge on any atom is -0.455 e. The lowest BCUT2D eigenvalue weighted by Gasteiger charge is -2.31. The number of halogens is 1. The number of hydrogen-bond acceptors (Lipinski definition) is 6. The molecule has 150 valence electrons. The van der Waals surface area contributed by atoms with Gasteiger partial charge < -0.3 is 15.0 Å². The Bertz CT molecular complexity index is 903. The molecular weight excluding hydrogens is 375 g/mol. The van der Waals surface area contributed by atoms with Crippen molar-refractivity contribution in [2.24, 2.45) is 5.92 Å². The van der Waals surface area contributed by atoms with Crippen LogP contribution in [-0.4, -0.2) is 36.6 Å². The Morgan fingerprint density at radius 1 is 1.24 bits per heavy atom. The van der Waals surface area contributed by atoms with E-state index in [9.17, 15) is 14.0 Å². The molecule has 0 unspecified atom stereocenters. The second-order valence-corrected chi connectivity index (χ2v) is 6.75. The van der Waals surface area contributed by atoms with E-state index < -0.39 is 17.7 Å². The van der Waals surface area contributed by atoms with Crippen LogP contribution in [0.15, 0.2) is 42.6 Å². The number of aromatic nitrogens is 1. The highest BCUT2D eigenvalue weighted by Gasteiger charge is 2.27. The van der Waals surface area contributed by atoms with Crippen LogP contribution in [0.3, 0.4) is 0 Å². The largest absolute Gasteiger partial charge is 0.455 e. The van der Waals surface area contributed by atoms with Gasteiger partial charge in [-0.25, -0.2) is 9.37 Å². The van der Waals surface area contributed by atoms with E-state index in [1.807, 2.05) is 11.0 Å². The summed E-state index contributed by atoms with van der Waals surface area (Å²) in [6, 6.07) is 11.7. The van der Waals surface area contributed by atoms with Crippen LogP contribution in [0.1, 0.15) is 24.0 Å². The number of esters is 1. The maximum absolute atomic E-state index is 13.5. The van der Waals surface area contributed by atoms with Crippen molar-refractivity contribution in [2.75, 3.05) is 24.6 Å². The van der Waals surface area contributed by atoms with Gasteiger partial charge in [0, 0.05) is 31.4 Å². The fourth-order valence-corrected chi connectivity index (χ4v) is 3.12. The van der Waals surface area contributed by atoms with E-state index in [0.717, 1.165) is 5.82 Å². The average molecular weight is 396 g/mol. The smallest absolute Gasteiger partial charge is 0.309 e. The number of hydrogen-bond donors (Lipinski definition) is 1. The number of anilines is 1. The quantitative estimate of drug-likeness (QED) is 0.752. The third-order valence-corrected chi connectivity index (χ3v) is 4.81. The molecule has 1 saturated heterocycles. The molecule has 3 rings (SSSR count). The van der Waals surface area contributed by atoms with Crippen molar-refractivity contribution in [1.82, 2.24) is 10.3 Å². The number of benzene rings is 1. The third-order valence-electron chi connectivity index (χ3n) is 4.81. The number of rotatable bonds is 6. The lowest BCUT2D eigenvalue weighted by molar-refractivity contribution is -0.153. The van der Waals surface area contributed by atoms with Crippen LogP contribution in [0.25, 0.3) is 0 Å². The molecule has 0 atom stereocenters. The Morgan fingerprint density at radius 2 is 2.00 bits per heavy atom. The number of amides is 1. The molecule has 0 aliphatic carbocycles. The molecule has 1 aromatic carbocycles. The van der Waals surface area contributed by atoms with Crippen molar-refractivity contribution in [3.05, 3.63) is 59.5 Å². The molecule has 1 amide bonds. The fourth-order valence-electron chi connectivity index (χ4n) is 3.12. The van der Waals surface area contributed by atoms with Gasteiger partial charge in [-0.15, -0.1) is 0 Å². The van der Waals surface area contributed by atoms with Gasteiger partial charge in [-0.3, -0.25) is 9.59 Å². The van der Waals surface area contributed by atoms with E-state index in [1.165, 1.54) is 12.3 Å². The van der Waals surface area contributed by atoms with Crippen LogP contribution in [0.2, 0.25) is 0 Å². The standard InChI is InChI=1S/C21H21FN4O3/c22-18-4-2-1-3-17(18)13-25-20(27)14-29-21(28)16-7-9-26(10-8-16)19-6-5-15(11-23)12-24-19/h1-6,12,16H,7-10,13-14H2,(H,25,27). The van der Waals surface area contributed by atoms with Crippen LogP contribution in [-0.2, 0) is 20.9 Å². The van der Waals surface area contributed by atoms with Gasteiger partial charge in [0.2, 0.25) is 0 Å². The first kappa shape index (κ1) is 20.3. The number of nitrogens with one attached hydrogen (secondary N) is 1. The molecule has 0 saturated carbocycles. The van der Waals surface area contributed by atoms with Gasteiger partial charge in [-0.1, -0.05) is 18.2 Å². The van der Waals surface area contributed by atoms with Gasteiger partial charge >= 0.3 is 5.97 Å². The van der Waals surface area contributed by atoms with Gasteiger partial charge in [-0.05, 0) is 31.0 Å². The first-order chi connectivity index (χ1) is 14.1. The summed E-state index contributed by atoms with van der Waals surface area (Å²) < 4.78 is 18.6. The maximum Gasteiger partial charge on any atom is 0.309 e. The number of pyridine rings is 1. The highest BCUT2D eigenvalue weighted by atomic mass is 19.1. The normalized spacial score (nSPS) is 14.1. The fraction of sp³-hybridized carbons (Fsp3) is 0.333. The molecule has 1 N–H and O–H groups in total. The number of nitriles is 1. The molecule has 8 heteroatoms. The molecule has 0 spiro atoms. The molecule has 0 radical (unpaired) electrons. The van der Waals surface area contributed by atoms with Crippen LogP contribution >= 0.6 is 0 Å². The highest BCUT2D eigenvalue weighted by molar-refractivity contribution is 5.81. The van der Waals surface area contributed by atoms with E-state index in [1.54, 1.807) is 30.3 Å². The molecule has 1 fully saturated rings. The van der Waals surface area contributed by atoms with E-state index in [-0.39, 0.29) is 19.1 Å². The maximum atomic E-state index is 13.5. The van der Waals surface area contributed by atoms with E-state index >= 15 is 0 Å². The zero-order valence-corrected chi connectivity index (χ0v) is 15.8. The lowest BCUT2D eigenvalue weighted by Crippen LogP contribution is -2.38. The van der Waals surface area contributed by atoms with Crippen molar-refractivity contribution >= 4 is 17.7 Å². The van der Waals surface area contributed by atoms with Crippen LogP contribution < -0.4 is 10.2 Å². The summed E-state index contributed by atoms with van der Waals surface area (Å²) in [4.78, 5) is 30.4. The van der Waals surface area contributed by atoms with Crippen molar-refractivity contribution in [3.8, 4) is 6.07 Å². The molecule has 1 aliphatic heterocycles. The Hall–Kier alpha value is -3.47. The molecule has 7 nitrogen and oxygen atoms in total. The molecule has 1 aromatic heterocycles. The highest BCUT2D eigenvalue weighted by Crippen LogP contribution is 2.22. The summed E-state index contributed by atoms with van der Waals surface area (Å²) >= 11 is 0. The second kappa shape index (κ2) is 9.64. The Kier molecular flexibility index (Phi) is 6.74. The van der Waals surface area contributed by atoms with Gasteiger partial charge in [0.05, 0.1) is 11.5 Å². The first-order valence-corrected chi connectivity index (χ1v) is 9.34. The zero-order chi connectivity index (χ0) is 20.6.